The molecule has 2 rings (SSSR count). The lowest BCUT2D eigenvalue weighted by Crippen LogP contribution is -2.01. The van der Waals surface area contributed by atoms with Crippen LogP contribution in [-0.2, 0) is 6.61 Å². The molecule has 0 saturated heterocycles. The van der Waals surface area contributed by atoms with Crippen LogP contribution in [-0.4, -0.2) is 9.91 Å². The minimum atomic E-state index is -0.573. The van der Waals surface area contributed by atoms with E-state index in [-0.39, 0.29) is 23.3 Å². The summed E-state index contributed by atoms with van der Waals surface area (Å²) >= 11 is 11.5. The average Bonchev–Trinajstić information content (AvgIpc) is 2.36. The van der Waals surface area contributed by atoms with Gasteiger partial charge in [-0.1, -0.05) is 35.3 Å². The smallest absolute Gasteiger partial charge is 0.331 e. The Hall–Kier alpha value is -1.85. The van der Waals surface area contributed by atoms with Crippen molar-refractivity contribution in [3.8, 4) is 5.88 Å². The van der Waals surface area contributed by atoms with Crippen LogP contribution in [0.5, 0.6) is 5.88 Å². The number of benzene rings is 1. The predicted molar refractivity (Wildman–Crippen MR) is 71.7 cm³/mol. The molecular weight excluding hydrogens is 291 g/mol. The van der Waals surface area contributed by atoms with Gasteiger partial charge in [-0.15, -0.1) is 0 Å². The molecule has 0 saturated carbocycles. The van der Waals surface area contributed by atoms with Gasteiger partial charge in [0.1, 0.15) is 11.8 Å². The molecule has 0 amide bonds. The van der Waals surface area contributed by atoms with Crippen LogP contribution in [0, 0.1) is 10.1 Å². The van der Waals surface area contributed by atoms with Gasteiger partial charge in [0.05, 0.1) is 4.92 Å². The number of hydrogen-bond donors (Lipinski definition) is 0. The van der Waals surface area contributed by atoms with Gasteiger partial charge in [0.2, 0.25) is 0 Å². The Bertz CT molecular complexity index is 620. The number of ether oxygens (including phenoxy) is 1. The highest BCUT2D eigenvalue weighted by Gasteiger charge is 2.17. The van der Waals surface area contributed by atoms with Crippen molar-refractivity contribution >= 4 is 28.9 Å². The molecule has 0 radical (unpaired) electrons. The number of rotatable bonds is 4. The van der Waals surface area contributed by atoms with Gasteiger partial charge in [0.25, 0.3) is 5.88 Å². The highest BCUT2D eigenvalue weighted by atomic mass is 35.5. The van der Waals surface area contributed by atoms with Crippen molar-refractivity contribution in [2.45, 2.75) is 6.61 Å². The maximum absolute atomic E-state index is 10.8. The van der Waals surface area contributed by atoms with Gasteiger partial charge in [0, 0.05) is 11.1 Å². The first kappa shape index (κ1) is 13.6. The summed E-state index contributed by atoms with van der Waals surface area (Å²) < 4.78 is 5.32. The second-order valence-electron chi connectivity index (χ2n) is 3.63. The van der Waals surface area contributed by atoms with Crippen LogP contribution in [0.15, 0.2) is 36.4 Å². The number of nitrogens with zero attached hydrogens (tertiary/aromatic N) is 2. The summed E-state index contributed by atoms with van der Waals surface area (Å²) in [5, 5.41) is 11.5. The minimum absolute atomic E-state index is 0.113. The fourth-order valence-corrected chi connectivity index (χ4v) is 1.79. The van der Waals surface area contributed by atoms with Gasteiger partial charge in [-0.2, -0.15) is 4.98 Å². The van der Waals surface area contributed by atoms with Crippen LogP contribution in [0.25, 0.3) is 0 Å². The molecule has 0 fully saturated rings. The van der Waals surface area contributed by atoms with E-state index in [9.17, 15) is 10.1 Å². The van der Waals surface area contributed by atoms with Crippen molar-refractivity contribution in [1.82, 2.24) is 4.98 Å². The quantitative estimate of drug-likeness (QED) is 0.488. The second kappa shape index (κ2) is 5.86. The molecule has 0 bridgehead atoms. The maximum atomic E-state index is 10.8. The monoisotopic (exact) mass is 298 g/mol. The Morgan fingerprint density at radius 3 is 2.74 bits per heavy atom. The van der Waals surface area contributed by atoms with Crippen molar-refractivity contribution in [1.29, 1.82) is 0 Å². The minimum Gasteiger partial charge on any atom is -0.468 e. The standard InChI is InChI=1S/C12H8Cl2N2O3/c13-9-3-1-2-8(6-9)7-19-12-10(16(17)18)4-5-11(14)15-12/h1-6H,7H2. The Labute approximate surface area is 118 Å². The van der Waals surface area contributed by atoms with Gasteiger partial charge in [-0.25, -0.2) is 0 Å². The number of nitro groups is 1. The van der Waals surface area contributed by atoms with Crippen molar-refractivity contribution < 1.29 is 9.66 Å². The third-order valence-electron chi connectivity index (χ3n) is 2.27. The molecule has 0 atom stereocenters. The molecule has 0 spiro atoms. The number of pyridine rings is 1. The van der Waals surface area contributed by atoms with E-state index >= 15 is 0 Å². The number of hydrogen-bond acceptors (Lipinski definition) is 4. The zero-order valence-corrected chi connectivity index (χ0v) is 11.1. The third kappa shape index (κ3) is 3.56. The largest absolute Gasteiger partial charge is 0.468 e. The zero-order chi connectivity index (χ0) is 13.8. The topological polar surface area (TPSA) is 65.3 Å². The van der Waals surface area contributed by atoms with Gasteiger partial charge in [-0.05, 0) is 23.8 Å². The van der Waals surface area contributed by atoms with Crippen LogP contribution >= 0.6 is 23.2 Å². The number of halogens is 2. The Morgan fingerprint density at radius 2 is 2.05 bits per heavy atom. The van der Waals surface area contributed by atoms with Gasteiger partial charge in [0.15, 0.2) is 0 Å². The SMILES string of the molecule is O=[N+]([O-])c1ccc(Cl)nc1OCc1cccc(Cl)c1. The molecule has 1 heterocycles. The number of aromatic nitrogens is 1. The van der Waals surface area contributed by atoms with Gasteiger partial charge >= 0.3 is 5.69 Å². The molecule has 2 aromatic rings. The Morgan fingerprint density at radius 1 is 1.26 bits per heavy atom. The van der Waals surface area contributed by atoms with Crippen LogP contribution in [0.1, 0.15) is 5.56 Å². The van der Waals surface area contributed by atoms with Crippen molar-refractivity contribution in [2.75, 3.05) is 0 Å². The first-order chi connectivity index (χ1) is 9.06. The summed E-state index contributed by atoms with van der Waals surface area (Å²) in [4.78, 5) is 14.0. The van der Waals surface area contributed by atoms with Gasteiger partial charge < -0.3 is 4.74 Å². The van der Waals surface area contributed by atoms with E-state index in [2.05, 4.69) is 4.98 Å². The zero-order valence-electron chi connectivity index (χ0n) is 9.55. The normalized spacial score (nSPS) is 10.2. The van der Waals surface area contributed by atoms with E-state index in [1.165, 1.54) is 12.1 Å². The lowest BCUT2D eigenvalue weighted by molar-refractivity contribution is -0.386. The summed E-state index contributed by atoms with van der Waals surface area (Å²) in [6.45, 7) is 0.120. The molecule has 0 aliphatic carbocycles. The molecule has 5 nitrogen and oxygen atoms in total. The summed E-state index contributed by atoms with van der Waals surface area (Å²) in [6, 6.07) is 9.58. The fraction of sp³-hybridized carbons (Fsp3) is 0.0833. The van der Waals surface area contributed by atoms with E-state index in [4.69, 9.17) is 27.9 Å². The van der Waals surface area contributed by atoms with E-state index in [0.29, 0.717) is 5.02 Å². The molecule has 0 aliphatic rings. The summed E-state index contributed by atoms with van der Waals surface area (Å²) in [5.74, 6) is -0.113. The Balaban J connectivity index is 2.19. The summed E-state index contributed by atoms with van der Waals surface area (Å²) in [5.41, 5.74) is 0.551. The molecular formula is C12H8Cl2N2O3. The molecule has 0 aliphatic heterocycles. The van der Waals surface area contributed by atoms with E-state index < -0.39 is 4.92 Å². The molecule has 0 N–H and O–H groups in total. The van der Waals surface area contributed by atoms with Crippen LogP contribution in [0.4, 0.5) is 5.69 Å². The van der Waals surface area contributed by atoms with Crippen LogP contribution in [0.2, 0.25) is 10.2 Å². The highest BCUT2D eigenvalue weighted by Crippen LogP contribution is 2.27. The first-order valence-corrected chi connectivity index (χ1v) is 6.00. The van der Waals surface area contributed by atoms with E-state index in [0.717, 1.165) is 5.56 Å². The molecule has 19 heavy (non-hydrogen) atoms. The predicted octanol–water partition coefficient (Wildman–Crippen LogP) is 3.88. The van der Waals surface area contributed by atoms with Gasteiger partial charge in [-0.3, -0.25) is 10.1 Å². The first-order valence-electron chi connectivity index (χ1n) is 5.24. The fourth-order valence-electron chi connectivity index (χ4n) is 1.43. The molecule has 7 heteroatoms. The molecule has 1 aromatic heterocycles. The van der Waals surface area contributed by atoms with Crippen molar-refractivity contribution in [2.24, 2.45) is 0 Å². The van der Waals surface area contributed by atoms with Crippen molar-refractivity contribution in [3.05, 3.63) is 62.3 Å². The molecule has 0 unspecified atom stereocenters. The molecule has 1 aromatic carbocycles. The second-order valence-corrected chi connectivity index (χ2v) is 4.46. The van der Waals surface area contributed by atoms with E-state index in [1.54, 1.807) is 24.3 Å². The summed E-state index contributed by atoms with van der Waals surface area (Å²) in [6.07, 6.45) is 0. The molecule has 98 valence electrons. The lowest BCUT2D eigenvalue weighted by Gasteiger charge is -2.06. The van der Waals surface area contributed by atoms with Crippen LogP contribution < -0.4 is 4.74 Å². The lowest BCUT2D eigenvalue weighted by atomic mass is 10.2. The Kier molecular flexibility index (Phi) is 4.19. The highest BCUT2D eigenvalue weighted by molar-refractivity contribution is 6.30. The summed E-state index contributed by atoms with van der Waals surface area (Å²) in [7, 11) is 0. The van der Waals surface area contributed by atoms with Crippen molar-refractivity contribution in [3.63, 3.8) is 0 Å². The van der Waals surface area contributed by atoms with E-state index in [1.807, 2.05) is 0 Å². The average molecular weight is 299 g/mol. The maximum Gasteiger partial charge on any atom is 0.331 e. The third-order valence-corrected chi connectivity index (χ3v) is 2.71. The van der Waals surface area contributed by atoms with Crippen LogP contribution in [0.3, 0.4) is 0 Å².